The zero-order valence-electron chi connectivity index (χ0n) is 35.9. The summed E-state index contributed by atoms with van der Waals surface area (Å²) in [5.74, 6) is -1.06. The van der Waals surface area contributed by atoms with E-state index in [0.717, 1.165) is 22.4 Å². The molecule has 0 aliphatic carbocycles. The van der Waals surface area contributed by atoms with Crippen LogP contribution in [0.5, 0.6) is 0 Å². The monoisotopic (exact) mass is 804 g/mol. The number of nitrogens with one attached hydrogen (secondary N) is 4. The lowest BCUT2D eigenvalue weighted by Crippen LogP contribution is -2.61. The third-order valence-electron chi connectivity index (χ3n) is 9.08. The van der Waals surface area contributed by atoms with E-state index < -0.39 is 70.8 Å². The molecule has 0 radical (unpaired) electrons. The number of aromatic nitrogens is 1. The first-order chi connectivity index (χ1) is 27.0. The van der Waals surface area contributed by atoms with Gasteiger partial charge in [-0.2, -0.15) is 0 Å². The number of aliphatic hydroxyl groups is 1. The molecule has 318 valence electrons. The second-order valence-corrected chi connectivity index (χ2v) is 17.7. The molecule has 5 N–H and O–H groups in total. The summed E-state index contributed by atoms with van der Waals surface area (Å²) in [6, 6.07) is 19.8. The van der Waals surface area contributed by atoms with Gasteiger partial charge in [0.25, 0.3) is 5.91 Å². The van der Waals surface area contributed by atoms with E-state index >= 15 is 0 Å². The first kappa shape index (κ1) is 47.3. The van der Waals surface area contributed by atoms with Gasteiger partial charge in [0.2, 0.25) is 5.91 Å². The molecule has 0 saturated carbocycles. The number of pyridine rings is 1. The fourth-order valence-corrected chi connectivity index (χ4v) is 5.94. The number of hydrogen-bond donors (Lipinski definition) is 5. The van der Waals surface area contributed by atoms with Crippen molar-refractivity contribution in [3.63, 3.8) is 0 Å². The van der Waals surface area contributed by atoms with Gasteiger partial charge in [-0.1, -0.05) is 102 Å². The predicted octanol–water partition coefficient (Wildman–Crippen LogP) is 5.79. The van der Waals surface area contributed by atoms with Crippen molar-refractivity contribution in [1.82, 2.24) is 31.4 Å². The zero-order chi connectivity index (χ0) is 43.3. The summed E-state index contributed by atoms with van der Waals surface area (Å²) in [4.78, 5) is 57.9. The number of hydrogen-bond acceptors (Lipinski definition) is 10. The minimum Gasteiger partial charge on any atom is -0.453 e. The maximum Gasteiger partial charge on any atom is 0.408 e. The third-order valence-corrected chi connectivity index (χ3v) is 9.08. The maximum absolute atomic E-state index is 14.2. The van der Waals surface area contributed by atoms with Gasteiger partial charge < -0.3 is 35.3 Å². The molecule has 0 saturated heterocycles. The molecule has 0 fully saturated rings. The van der Waals surface area contributed by atoms with Crippen molar-refractivity contribution in [3.8, 4) is 11.3 Å². The molecular formula is C44H64N6O8. The molecule has 58 heavy (non-hydrogen) atoms. The van der Waals surface area contributed by atoms with Crippen molar-refractivity contribution in [3.05, 3.63) is 90.1 Å². The number of hydrazine groups is 1. The molecule has 0 spiro atoms. The van der Waals surface area contributed by atoms with E-state index in [1.165, 1.54) is 7.11 Å². The molecule has 14 nitrogen and oxygen atoms in total. The molecule has 0 aliphatic heterocycles. The molecule has 14 heteroatoms. The molecule has 3 rings (SSSR count). The SMILES string of the molecule is COC(=O)NC(C(=O)NN(Cc1ccc(-c2ccccn2)cc1)CC(O)C(Cc1ccccc1)NC(=O)C(NC(=O)OC(C)COC(C)(C)C)C(C)(C)C)C(C)(C)C. The van der Waals surface area contributed by atoms with Crippen molar-refractivity contribution < 1.29 is 38.5 Å². The Morgan fingerprint density at radius 1 is 0.741 bits per heavy atom. The Kier molecular flexibility index (Phi) is 17.2. The van der Waals surface area contributed by atoms with Crippen molar-refractivity contribution in [2.24, 2.45) is 10.8 Å². The minimum atomic E-state index is -1.25. The molecule has 5 atom stereocenters. The highest BCUT2D eigenvalue weighted by molar-refractivity contribution is 5.87. The van der Waals surface area contributed by atoms with Crippen LogP contribution in [0.4, 0.5) is 9.59 Å². The van der Waals surface area contributed by atoms with Crippen LogP contribution in [0.25, 0.3) is 11.3 Å². The van der Waals surface area contributed by atoms with E-state index in [-0.39, 0.29) is 26.1 Å². The van der Waals surface area contributed by atoms with Crippen molar-refractivity contribution in [2.45, 2.75) is 118 Å². The lowest BCUT2D eigenvalue weighted by molar-refractivity contribution is -0.132. The Morgan fingerprint density at radius 3 is 1.88 bits per heavy atom. The summed E-state index contributed by atoms with van der Waals surface area (Å²) in [5, 5.41) is 21.9. The van der Waals surface area contributed by atoms with Crippen molar-refractivity contribution in [1.29, 1.82) is 0 Å². The van der Waals surface area contributed by atoms with E-state index in [2.05, 4.69) is 26.4 Å². The second-order valence-electron chi connectivity index (χ2n) is 17.7. The largest absolute Gasteiger partial charge is 0.453 e. The molecular weight excluding hydrogens is 741 g/mol. The zero-order valence-corrected chi connectivity index (χ0v) is 35.9. The van der Waals surface area contributed by atoms with Crippen LogP contribution in [0, 0.1) is 10.8 Å². The van der Waals surface area contributed by atoms with Crippen LogP contribution in [-0.2, 0) is 36.8 Å². The second kappa shape index (κ2) is 21.1. The van der Waals surface area contributed by atoms with Crippen LogP contribution >= 0.6 is 0 Å². The number of carbonyl (C=O) groups excluding carboxylic acids is 4. The standard InChI is InChI=1S/C44H64N6O8/c1-29(28-57-44(8,9)10)58-41(55)48-36(42(2,3)4)38(52)46-34(25-30-17-13-12-14-18-30)35(51)27-50(49-39(53)37(43(5,6)7)47-40(54)56-11)26-31-20-22-32(23-21-31)33-19-15-16-24-45-33/h12-24,29,34-37,51H,25-28H2,1-11H3,(H,46,52)(H,47,54)(H,48,55)(H,49,53). The van der Waals surface area contributed by atoms with Gasteiger partial charge in [-0.25, -0.2) is 14.6 Å². The fourth-order valence-electron chi connectivity index (χ4n) is 5.94. The highest BCUT2D eigenvalue weighted by Gasteiger charge is 2.37. The van der Waals surface area contributed by atoms with Gasteiger partial charge in [0.05, 0.1) is 37.2 Å². The maximum atomic E-state index is 14.2. The van der Waals surface area contributed by atoms with Gasteiger partial charge in [-0.05, 0) is 68.2 Å². The fraction of sp³-hybridized carbons (Fsp3) is 0.523. The average molecular weight is 805 g/mol. The van der Waals surface area contributed by atoms with Gasteiger partial charge >= 0.3 is 12.2 Å². The Balaban J connectivity index is 1.92. The van der Waals surface area contributed by atoms with E-state index in [4.69, 9.17) is 14.2 Å². The summed E-state index contributed by atoms with van der Waals surface area (Å²) in [6.45, 7) is 18.5. The average Bonchev–Trinajstić information content (AvgIpc) is 3.14. The summed E-state index contributed by atoms with van der Waals surface area (Å²) >= 11 is 0. The van der Waals surface area contributed by atoms with Gasteiger partial charge in [-0.3, -0.25) is 20.0 Å². The lowest BCUT2D eigenvalue weighted by Gasteiger charge is -2.36. The molecule has 5 unspecified atom stereocenters. The van der Waals surface area contributed by atoms with E-state index in [1.54, 1.807) is 18.1 Å². The van der Waals surface area contributed by atoms with Gasteiger partial charge in [0.1, 0.15) is 18.2 Å². The summed E-state index contributed by atoms with van der Waals surface area (Å²) in [5.41, 5.74) is 4.37. The predicted molar refractivity (Wildman–Crippen MR) is 223 cm³/mol. The summed E-state index contributed by atoms with van der Waals surface area (Å²) in [7, 11) is 1.22. The van der Waals surface area contributed by atoms with E-state index in [1.807, 2.05) is 135 Å². The van der Waals surface area contributed by atoms with Gasteiger partial charge in [0, 0.05) is 24.8 Å². The van der Waals surface area contributed by atoms with Crippen LogP contribution < -0.4 is 21.4 Å². The van der Waals surface area contributed by atoms with Crippen molar-refractivity contribution >= 4 is 24.0 Å². The number of benzene rings is 2. The molecule has 1 heterocycles. The molecule has 4 amide bonds. The summed E-state index contributed by atoms with van der Waals surface area (Å²) in [6.07, 6.45) is -1.43. The van der Waals surface area contributed by atoms with Crippen LogP contribution in [0.1, 0.15) is 80.4 Å². The van der Waals surface area contributed by atoms with Gasteiger partial charge in [-0.15, -0.1) is 0 Å². The lowest BCUT2D eigenvalue weighted by atomic mass is 9.85. The van der Waals surface area contributed by atoms with Crippen LogP contribution in [-0.4, -0.2) is 95.3 Å². The van der Waals surface area contributed by atoms with Crippen molar-refractivity contribution in [2.75, 3.05) is 20.3 Å². The van der Waals surface area contributed by atoms with Crippen LogP contribution in [0.15, 0.2) is 79.0 Å². The molecule has 0 aliphatic rings. The normalized spacial score (nSPS) is 14.6. The number of nitrogens with zero attached hydrogens (tertiary/aromatic N) is 2. The number of amides is 4. The van der Waals surface area contributed by atoms with Gasteiger partial charge in [0.15, 0.2) is 0 Å². The number of rotatable bonds is 17. The minimum absolute atomic E-state index is 0.137. The first-order valence-corrected chi connectivity index (χ1v) is 19.6. The summed E-state index contributed by atoms with van der Waals surface area (Å²) < 4.78 is 16.1. The molecule has 3 aromatic rings. The quantitative estimate of drug-likeness (QED) is 0.105. The Hall–Kier alpha value is -5.05. The molecule has 0 bridgehead atoms. The third kappa shape index (κ3) is 16.1. The molecule has 2 aromatic carbocycles. The molecule has 1 aromatic heterocycles. The van der Waals surface area contributed by atoms with E-state index in [0.29, 0.717) is 0 Å². The number of alkyl carbamates (subject to hydrolysis) is 2. The highest BCUT2D eigenvalue weighted by atomic mass is 16.6. The number of aliphatic hydroxyl groups excluding tert-OH is 1. The smallest absolute Gasteiger partial charge is 0.408 e. The number of carbonyl (C=O) groups is 4. The topological polar surface area (TPSA) is 180 Å². The Labute approximate surface area is 343 Å². The Morgan fingerprint density at radius 2 is 1.33 bits per heavy atom. The van der Waals surface area contributed by atoms with E-state index in [9.17, 15) is 24.3 Å². The highest BCUT2D eigenvalue weighted by Crippen LogP contribution is 2.23. The van der Waals surface area contributed by atoms with Crippen LogP contribution in [0.2, 0.25) is 0 Å². The Bertz CT molecular complexity index is 1750. The first-order valence-electron chi connectivity index (χ1n) is 19.6. The number of ether oxygens (including phenoxy) is 3. The van der Waals surface area contributed by atoms with Crippen LogP contribution in [0.3, 0.4) is 0 Å². The number of methoxy groups -OCH3 is 1.